The third kappa shape index (κ3) is 2.76. The summed E-state index contributed by atoms with van der Waals surface area (Å²) in [5.41, 5.74) is 10.8. The van der Waals surface area contributed by atoms with Gasteiger partial charge in [0.25, 0.3) is 0 Å². The molecule has 3 rings (SSSR count). The van der Waals surface area contributed by atoms with Crippen molar-refractivity contribution < 1.29 is 4.74 Å². The highest BCUT2D eigenvalue weighted by molar-refractivity contribution is 7.13. The fourth-order valence-corrected chi connectivity index (χ4v) is 3.07. The molecule has 106 valence electrons. The van der Waals surface area contributed by atoms with E-state index in [2.05, 4.69) is 11.4 Å². The Morgan fingerprint density at radius 3 is 2.67 bits per heavy atom. The molecule has 2 aromatic carbocycles. The first kappa shape index (κ1) is 13.6. The highest BCUT2D eigenvalue weighted by Crippen LogP contribution is 2.31. The lowest BCUT2D eigenvalue weighted by Crippen LogP contribution is -1.88. The van der Waals surface area contributed by atoms with Crippen LogP contribution in [0, 0.1) is 6.92 Å². The lowest BCUT2D eigenvalue weighted by atomic mass is 10.1. The molecule has 0 amide bonds. The Morgan fingerprint density at radius 1 is 1.10 bits per heavy atom. The van der Waals surface area contributed by atoms with E-state index in [1.165, 1.54) is 0 Å². The van der Waals surface area contributed by atoms with Crippen molar-refractivity contribution >= 4 is 17.0 Å². The maximum atomic E-state index is 5.83. The topological polar surface area (TPSA) is 48.1 Å². The summed E-state index contributed by atoms with van der Waals surface area (Å²) in [7, 11) is 1.68. The molecule has 1 aromatic heterocycles. The molecule has 0 saturated carbocycles. The van der Waals surface area contributed by atoms with E-state index < -0.39 is 0 Å². The SMILES string of the molecule is COc1ccc(-c2csc(-c3cccc(N)c3)n2)cc1C. The third-order valence-electron chi connectivity index (χ3n) is 3.33. The maximum Gasteiger partial charge on any atom is 0.124 e. The Morgan fingerprint density at radius 2 is 1.95 bits per heavy atom. The van der Waals surface area contributed by atoms with Crippen molar-refractivity contribution in [3.8, 4) is 27.6 Å². The molecular weight excluding hydrogens is 280 g/mol. The zero-order valence-corrected chi connectivity index (χ0v) is 12.8. The Kier molecular flexibility index (Phi) is 3.62. The molecule has 0 spiro atoms. The molecule has 2 N–H and O–H groups in total. The molecule has 3 aromatic rings. The quantitative estimate of drug-likeness (QED) is 0.730. The van der Waals surface area contributed by atoms with Crippen molar-refractivity contribution in [2.45, 2.75) is 6.92 Å². The van der Waals surface area contributed by atoms with Crippen LogP contribution in [-0.2, 0) is 0 Å². The summed E-state index contributed by atoms with van der Waals surface area (Å²) < 4.78 is 5.29. The number of nitrogens with zero attached hydrogens (tertiary/aromatic N) is 1. The van der Waals surface area contributed by atoms with E-state index in [0.717, 1.165) is 38.8 Å². The molecule has 0 aliphatic rings. The molecule has 0 radical (unpaired) electrons. The number of rotatable bonds is 3. The average molecular weight is 296 g/mol. The highest BCUT2D eigenvalue weighted by Gasteiger charge is 2.08. The molecule has 0 fully saturated rings. The van der Waals surface area contributed by atoms with Gasteiger partial charge >= 0.3 is 0 Å². The van der Waals surface area contributed by atoms with Gasteiger partial charge in [0.2, 0.25) is 0 Å². The smallest absolute Gasteiger partial charge is 0.124 e. The minimum atomic E-state index is 0.754. The van der Waals surface area contributed by atoms with E-state index in [9.17, 15) is 0 Å². The van der Waals surface area contributed by atoms with Gasteiger partial charge in [-0.15, -0.1) is 11.3 Å². The van der Waals surface area contributed by atoms with E-state index in [4.69, 9.17) is 15.5 Å². The standard InChI is InChI=1S/C17H16N2OS/c1-11-8-12(6-7-16(11)20-2)15-10-21-17(19-15)13-4-3-5-14(18)9-13/h3-10H,18H2,1-2H3. The van der Waals surface area contributed by atoms with E-state index in [1.807, 2.05) is 43.3 Å². The van der Waals surface area contributed by atoms with Gasteiger partial charge in [-0.1, -0.05) is 12.1 Å². The molecule has 21 heavy (non-hydrogen) atoms. The van der Waals surface area contributed by atoms with Gasteiger partial charge in [0.1, 0.15) is 10.8 Å². The zero-order valence-electron chi connectivity index (χ0n) is 12.0. The highest BCUT2D eigenvalue weighted by atomic mass is 32.1. The van der Waals surface area contributed by atoms with Crippen molar-refractivity contribution in [2.24, 2.45) is 0 Å². The van der Waals surface area contributed by atoms with Crippen molar-refractivity contribution in [1.29, 1.82) is 0 Å². The summed E-state index contributed by atoms with van der Waals surface area (Å²) >= 11 is 1.62. The lowest BCUT2D eigenvalue weighted by molar-refractivity contribution is 0.412. The Labute approximate surface area is 128 Å². The van der Waals surface area contributed by atoms with Crippen molar-refractivity contribution in [1.82, 2.24) is 4.98 Å². The second kappa shape index (κ2) is 5.58. The third-order valence-corrected chi connectivity index (χ3v) is 4.22. The van der Waals surface area contributed by atoms with Gasteiger partial charge in [-0.05, 0) is 42.8 Å². The van der Waals surface area contributed by atoms with Crippen LogP contribution in [0.4, 0.5) is 5.69 Å². The van der Waals surface area contributed by atoms with Crippen molar-refractivity contribution in [3.63, 3.8) is 0 Å². The Balaban J connectivity index is 1.96. The molecule has 3 nitrogen and oxygen atoms in total. The second-order valence-electron chi connectivity index (χ2n) is 4.85. The Bertz CT molecular complexity index is 780. The number of ether oxygens (including phenoxy) is 1. The van der Waals surface area contributed by atoms with E-state index in [-0.39, 0.29) is 0 Å². The molecule has 1 heterocycles. The lowest BCUT2D eigenvalue weighted by Gasteiger charge is -2.05. The molecule has 0 aliphatic carbocycles. The summed E-state index contributed by atoms with van der Waals surface area (Å²) in [5, 5.41) is 3.05. The first-order chi connectivity index (χ1) is 10.2. The number of nitrogens with two attached hydrogens (primary N) is 1. The largest absolute Gasteiger partial charge is 0.496 e. The van der Waals surface area contributed by atoms with E-state index in [1.54, 1.807) is 18.4 Å². The summed E-state index contributed by atoms with van der Waals surface area (Å²) in [6.45, 7) is 2.04. The maximum absolute atomic E-state index is 5.83. The summed E-state index contributed by atoms with van der Waals surface area (Å²) in [4.78, 5) is 4.71. The number of methoxy groups -OCH3 is 1. The van der Waals surface area contributed by atoms with Crippen LogP contribution < -0.4 is 10.5 Å². The summed E-state index contributed by atoms with van der Waals surface area (Å²) in [5.74, 6) is 0.894. The van der Waals surface area contributed by atoms with Crippen LogP contribution in [0.25, 0.3) is 21.8 Å². The number of benzene rings is 2. The van der Waals surface area contributed by atoms with Gasteiger partial charge in [-0.25, -0.2) is 4.98 Å². The fraction of sp³-hybridized carbons (Fsp3) is 0.118. The van der Waals surface area contributed by atoms with Gasteiger partial charge < -0.3 is 10.5 Å². The average Bonchev–Trinajstić information content (AvgIpc) is 2.97. The van der Waals surface area contributed by atoms with E-state index >= 15 is 0 Å². The van der Waals surface area contributed by atoms with Crippen LogP contribution in [0.15, 0.2) is 47.8 Å². The molecule has 4 heteroatoms. The first-order valence-electron chi connectivity index (χ1n) is 6.64. The van der Waals surface area contributed by atoms with Gasteiger partial charge in [0, 0.05) is 22.2 Å². The number of thiazole rings is 1. The number of nitrogen functional groups attached to an aromatic ring is 1. The van der Waals surface area contributed by atoms with Crippen molar-refractivity contribution in [2.75, 3.05) is 12.8 Å². The zero-order chi connectivity index (χ0) is 14.8. The van der Waals surface area contributed by atoms with Gasteiger partial charge in [0.15, 0.2) is 0 Å². The molecule has 0 aliphatic heterocycles. The second-order valence-corrected chi connectivity index (χ2v) is 5.71. The first-order valence-corrected chi connectivity index (χ1v) is 7.52. The molecule has 0 unspecified atom stereocenters. The molecular formula is C17H16N2OS. The van der Waals surface area contributed by atoms with Crippen LogP contribution in [0.5, 0.6) is 5.75 Å². The van der Waals surface area contributed by atoms with E-state index in [0.29, 0.717) is 0 Å². The van der Waals surface area contributed by atoms with Gasteiger partial charge in [-0.2, -0.15) is 0 Å². The molecule has 0 saturated heterocycles. The molecule has 0 bridgehead atoms. The predicted octanol–water partition coefficient (Wildman–Crippen LogP) is 4.38. The van der Waals surface area contributed by atoms with Crippen molar-refractivity contribution in [3.05, 3.63) is 53.4 Å². The predicted molar refractivity (Wildman–Crippen MR) is 88.7 cm³/mol. The molecule has 0 atom stereocenters. The van der Waals surface area contributed by atoms with Gasteiger partial charge in [0.05, 0.1) is 12.8 Å². The van der Waals surface area contributed by atoms with Crippen LogP contribution in [0.3, 0.4) is 0 Å². The van der Waals surface area contributed by atoms with Gasteiger partial charge in [-0.3, -0.25) is 0 Å². The summed E-state index contributed by atoms with van der Waals surface area (Å²) in [6, 6.07) is 13.9. The number of anilines is 1. The van der Waals surface area contributed by atoms with Crippen LogP contribution in [0.1, 0.15) is 5.56 Å². The number of hydrogen-bond acceptors (Lipinski definition) is 4. The minimum absolute atomic E-state index is 0.754. The Hall–Kier alpha value is -2.33. The van der Waals surface area contributed by atoms with Crippen LogP contribution >= 0.6 is 11.3 Å². The summed E-state index contributed by atoms with van der Waals surface area (Å²) in [6.07, 6.45) is 0. The normalized spacial score (nSPS) is 10.6. The minimum Gasteiger partial charge on any atom is -0.496 e. The number of aryl methyl sites for hydroxylation is 1. The number of aromatic nitrogens is 1. The fourth-order valence-electron chi connectivity index (χ4n) is 2.25. The monoisotopic (exact) mass is 296 g/mol. The number of hydrogen-bond donors (Lipinski definition) is 1. The van der Waals surface area contributed by atoms with Crippen LogP contribution in [-0.4, -0.2) is 12.1 Å². The van der Waals surface area contributed by atoms with Crippen LogP contribution in [0.2, 0.25) is 0 Å².